The lowest BCUT2D eigenvalue weighted by Crippen LogP contribution is -2.31. The van der Waals surface area contributed by atoms with Crippen LogP contribution in [0.5, 0.6) is 0 Å². The number of carbonyl (C=O) groups is 1. The van der Waals surface area contributed by atoms with Crippen molar-refractivity contribution < 1.29 is 4.79 Å². The molecule has 1 aromatic rings. The second-order valence-corrected chi connectivity index (χ2v) is 5.47. The number of nitrogens with one attached hydrogen (secondary N) is 2. The van der Waals surface area contributed by atoms with Gasteiger partial charge in [0, 0.05) is 17.8 Å². The number of aryl methyl sites for hydroxylation is 1. The summed E-state index contributed by atoms with van der Waals surface area (Å²) in [6, 6.07) is 2.27. The second-order valence-electron chi connectivity index (χ2n) is 5.47. The van der Waals surface area contributed by atoms with Gasteiger partial charge in [-0.2, -0.15) is 0 Å². The summed E-state index contributed by atoms with van der Waals surface area (Å²) in [4.78, 5) is 20.6. The monoisotopic (exact) mass is 262 g/mol. The van der Waals surface area contributed by atoms with Crippen molar-refractivity contribution in [3.05, 3.63) is 17.5 Å². The Hall–Kier alpha value is -1.65. The largest absolute Gasteiger partial charge is 0.351 e. The quantitative estimate of drug-likeness (QED) is 0.873. The van der Waals surface area contributed by atoms with Gasteiger partial charge in [0.1, 0.15) is 5.69 Å². The first kappa shape index (κ1) is 13.8. The van der Waals surface area contributed by atoms with E-state index in [0.717, 1.165) is 18.5 Å². The maximum atomic E-state index is 12.0. The van der Waals surface area contributed by atoms with E-state index in [1.807, 2.05) is 20.8 Å². The first-order valence-corrected chi connectivity index (χ1v) is 6.97. The molecule has 0 radical (unpaired) electrons. The summed E-state index contributed by atoms with van der Waals surface area (Å²) in [5, 5.41) is 6.18. The summed E-state index contributed by atoms with van der Waals surface area (Å²) in [7, 11) is 0. The molecule has 104 valence electrons. The molecule has 0 aromatic carbocycles. The topological polar surface area (TPSA) is 66.9 Å². The third kappa shape index (κ3) is 3.91. The molecular weight excluding hydrogens is 240 g/mol. The van der Waals surface area contributed by atoms with Crippen LogP contribution in [0.25, 0.3) is 0 Å². The molecule has 5 heteroatoms. The van der Waals surface area contributed by atoms with Gasteiger partial charge in [0.15, 0.2) is 0 Å². The molecule has 0 spiro atoms. The zero-order chi connectivity index (χ0) is 13.8. The number of carbonyl (C=O) groups excluding carboxylic acids is 1. The molecule has 1 amide bonds. The molecule has 5 nitrogen and oxygen atoms in total. The van der Waals surface area contributed by atoms with Gasteiger partial charge in [-0.25, -0.2) is 9.97 Å². The van der Waals surface area contributed by atoms with E-state index in [2.05, 4.69) is 20.6 Å². The van der Waals surface area contributed by atoms with Crippen molar-refractivity contribution >= 4 is 11.9 Å². The Bertz CT molecular complexity index is 453. The van der Waals surface area contributed by atoms with Crippen molar-refractivity contribution in [2.75, 3.05) is 5.32 Å². The fraction of sp³-hybridized carbons (Fsp3) is 0.643. The SMILES string of the molecule is Cc1cc(C(=O)NC(C)C)nc(NC2CCCC2)n1. The first-order chi connectivity index (χ1) is 9.04. The van der Waals surface area contributed by atoms with Gasteiger partial charge in [-0.1, -0.05) is 12.8 Å². The zero-order valence-corrected chi connectivity index (χ0v) is 11.9. The van der Waals surface area contributed by atoms with Crippen LogP contribution in [0.15, 0.2) is 6.07 Å². The maximum Gasteiger partial charge on any atom is 0.270 e. The predicted octanol–water partition coefficient (Wildman–Crippen LogP) is 2.28. The van der Waals surface area contributed by atoms with Gasteiger partial charge >= 0.3 is 0 Å². The fourth-order valence-electron chi connectivity index (χ4n) is 2.34. The highest BCUT2D eigenvalue weighted by molar-refractivity contribution is 5.92. The number of hydrogen-bond acceptors (Lipinski definition) is 4. The van der Waals surface area contributed by atoms with E-state index in [-0.39, 0.29) is 11.9 Å². The summed E-state index contributed by atoms with van der Waals surface area (Å²) < 4.78 is 0. The Morgan fingerprint density at radius 3 is 2.63 bits per heavy atom. The van der Waals surface area contributed by atoms with Crippen LogP contribution in [0.3, 0.4) is 0 Å². The highest BCUT2D eigenvalue weighted by Gasteiger charge is 2.17. The molecule has 2 rings (SSSR count). The van der Waals surface area contributed by atoms with Gasteiger partial charge in [0.25, 0.3) is 5.91 Å². The first-order valence-electron chi connectivity index (χ1n) is 6.97. The Kier molecular flexibility index (Phi) is 4.35. The van der Waals surface area contributed by atoms with Crippen LogP contribution >= 0.6 is 0 Å². The fourth-order valence-corrected chi connectivity index (χ4v) is 2.34. The van der Waals surface area contributed by atoms with Gasteiger partial charge in [-0.05, 0) is 39.7 Å². The van der Waals surface area contributed by atoms with E-state index in [9.17, 15) is 4.79 Å². The molecule has 1 heterocycles. The number of anilines is 1. The molecule has 0 bridgehead atoms. The lowest BCUT2D eigenvalue weighted by molar-refractivity contribution is 0.0938. The number of nitrogens with zero attached hydrogens (tertiary/aromatic N) is 2. The van der Waals surface area contributed by atoms with Crippen molar-refractivity contribution in [3.8, 4) is 0 Å². The van der Waals surface area contributed by atoms with Crippen molar-refractivity contribution in [2.24, 2.45) is 0 Å². The molecule has 2 N–H and O–H groups in total. The molecule has 0 aliphatic heterocycles. The smallest absolute Gasteiger partial charge is 0.270 e. The average Bonchev–Trinajstić information content (AvgIpc) is 2.80. The van der Waals surface area contributed by atoms with E-state index < -0.39 is 0 Å². The van der Waals surface area contributed by atoms with Crippen LogP contribution in [0.1, 0.15) is 55.7 Å². The van der Waals surface area contributed by atoms with Crippen molar-refractivity contribution in [3.63, 3.8) is 0 Å². The van der Waals surface area contributed by atoms with E-state index in [4.69, 9.17) is 0 Å². The van der Waals surface area contributed by atoms with E-state index in [1.54, 1.807) is 6.07 Å². The van der Waals surface area contributed by atoms with Gasteiger partial charge in [-0.15, -0.1) is 0 Å². The van der Waals surface area contributed by atoms with Crippen LogP contribution in [-0.2, 0) is 0 Å². The molecule has 1 aliphatic carbocycles. The molecule has 1 fully saturated rings. The molecule has 0 saturated heterocycles. The number of amides is 1. The molecule has 0 atom stereocenters. The van der Waals surface area contributed by atoms with Gasteiger partial charge in [0.05, 0.1) is 0 Å². The number of aromatic nitrogens is 2. The van der Waals surface area contributed by atoms with Crippen molar-refractivity contribution in [1.29, 1.82) is 0 Å². The Balaban J connectivity index is 2.11. The zero-order valence-electron chi connectivity index (χ0n) is 11.9. The highest BCUT2D eigenvalue weighted by Crippen LogP contribution is 2.20. The third-order valence-corrected chi connectivity index (χ3v) is 3.20. The van der Waals surface area contributed by atoms with Gasteiger partial charge in [0.2, 0.25) is 5.95 Å². The molecule has 1 aromatic heterocycles. The van der Waals surface area contributed by atoms with Gasteiger partial charge in [-0.3, -0.25) is 4.79 Å². The van der Waals surface area contributed by atoms with Crippen LogP contribution in [0.4, 0.5) is 5.95 Å². The standard InChI is InChI=1S/C14H22N4O/c1-9(2)15-13(19)12-8-10(3)16-14(18-12)17-11-6-4-5-7-11/h8-9,11H,4-7H2,1-3H3,(H,15,19)(H,16,17,18). The van der Waals surface area contributed by atoms with Crippen molar-refractivity contribution in [2.45, 2.75) is 58.5 Å². The molecular formula is C14H22N4O. The molecule has 1 saturated carbocycles. The molecule has 19 heavy (non-hydrogen) atoms. The highest BCUT2D eigenvalue weighted by atomic mass is 16.1. The summed E-state index contributed by atoms with van der Waals surface area (Å²) >= 11 is 0. The Labute approximate surface area is 114 Å². The normalized spacial score (nSPS) is 15.8. The predicted molar refractivity (Wildman–Crippen MR) is 75.2 cm³/mol. The lowest BCUT2D eigenvalue weighted by atomic mass is 10.2. The maximum absolute atomic E-state index is 12.0. The Morgan fingerprint density at radius 2 is 2.00 bits per heavy atom. The van der Waals surface area contributed by atoms with Crippen LogP contribution < -0.4 is 10.6 Å². The van der Waals surface area contributed by atoms with E-state index >= 15 is 0 Å². The number of hydrogen-bond donors (Lipinski definition) is 2. The van der Waals surface area contributed by atoms with Gasteiger partial charge < -0.3 is 10.6 Å². The van der Waals surface area contributed by atoms with E-state index in [1.165, 1.54) is 12.8 Å². The van der Waals surface area contributed by atoms with E-state index in [0.29, 0.717) is 17.7 Å². The molecule has 1 aliphatic rings. The Morgan fingerprint density at radius 1 is 1.32 bits per heavy atom. The minimum Gasteiger partial charge on any atom is -0.351 e. The summed E-state index contributed by atoms with van der Waals surface area (Å²) in [6.07, 6.45) is 4.82. The third-order valence-electron chi connectivity index (χ3n) is 3.20. The van der Waals surface area contributed by atoms with Crippen LogP contribution in [0, 0.1) is 6.92 Å². The van der Waals surface area contributed by atoms with Crippen LogP contribution in [0.2, 0.25) is 0 Å². The second kappa shape index (κ2) is 5.99. The average molecular weight is 262 g/mol. The summed E-state index contributed by atoms with van der Waals surface area (Å²) in [6.45, 7) is 5.75. The lowest BCUT2D eigenvalue weighted by Gasteiger charge is -2.13. The minimum atomic E-state index is -0.144. The summed E-state index contributed by atoms with van der Waals surface area (Å²) in [5.74, 6) is 0.427. The number of rotatable bonds is 4. The summed E-state index contributed by atoms with van der Waals surface area (Å²) in [5.41, 5.74) is 1.24. The van der Waals surface area contributed by atoms with Crippen LogP contribution in [-0.4, -0.2) is 28.0 Å². The molecule has 0 unspecified atom stereocenters. The van der Waals surface area contributed by atoms with Crippen molar-refractivity contribution in [1.82, 2.24) is 15.3 Å². The minimum absolute atomic E-state index is 0.106.